The van der Waals surface area contributed by atoms with Gasteiger partial charge < -0.3 is 10.6 Å². The first kappa shape index (κ1) is 18.2. The number of aliphatic imine (C=N–C) groups is 1. The maximum absolute atomic E-state index is 13.5. The second kappa shape index (κ2) is 10.0. The van der Waals surface area contributed by atoms with Crippen molar-refractivity contribution in [3.05, 3.63) is 47.3 Å². The summed E-state index contributed by atoms with van der Waals surface area (Å²) in [4.78, 5) is 4.02. The first-order valence-electron chi connectivity index (χ1n) is 5.67. The molecule has 0 saturated heterocycles. The van der Waals surface area contributed by atoms with Crippen LogP contribution in [0.3, 0.4) is 0 Å². The first-order chi connectivity index (χ1) is 8.69. The Morgan fingerprint density at radius 1 is 1.47 bits per heavy atom. The van der Waals surface area contributed by atoms with Crippen LogP contribution in [0.4, 0.5) is 4.39 Å². The molecule has 0 spiro atoms. The lowest BCUT2D eigenvalue weighted by molar-refractivity contribution is 0.607. The molecule has 0 aliphatic carbocycles. The van der Waals surface area contributed by atoms with Gasteiger partial charge in [0.15, 0.2) is 5.96 Å². The molecular formula is C13H18ClFIN3. The normalized spacial score (nSPS) is 10.6. The van der Waals surface area contributed by atoms with Crippen molar-refractivity contribution in [1.82, 2.24) is 10.6 Å². The summed E-state index contributed by atoms with van der Waals surface area (Å²) in [7, 11) is 1.68. The number of nitrogens with one attached hydrogen (secondary N) is 2. The summed E-state index contributed by atoms with van der Waals surface area (Å²) in [5, 5.41) is 6.55. The molecule has 2 N–H and O–H groups in total. The van der Waals surface area contributed by atoms with E-state index in [0.717, 1.165) is 0 Å². The van der Waals surface area contributed by atoms with Crippen molar-refractivity contribution < 1.29 is 4.39 Å². The molecule has 0 unspecified atom stereocenters. The molecule has 0 heterocycles. The van der Waals surface area contributed by atoms with Crippen molar-refractivity contribution in [3.63, 3.8) is 0 Å². The van der Waals surface area contributed by atoms with Gasteiger partial charge >= 0.3 is 0 Å². The minimum absolute atomic E-state index is 0. The Morgan fingerprint density at radius 3 is 2.79 bits per heavy atom. The van der Waals surface area contributed by atoms with Gasteiger partial charge in [-0.15, -0.1) is 30.6 Å². The largest absolute Gasteiger partial charge is 0.356 e. The summed E-state index contributed by atoms with van der Waals surface area (Å²) < 4.78 is 13.5. The average molecular weight is 398 g/mol. The molecule has 6 heteroatoms. The van der Waals surface area contributed by atoms with Crippen LogP contribution in [-0.2, 0) is 6.42 Å². The van der Waals surface area contributed by atoms with Crippen LogP contribution in [0.5, 0.6) is 0 Å². The van der Waals surface area contributed by atoms with E-state index in [1.54, 1.807) is 25.3 Å². The molecule has 1 aromatic rings. The van der Waals surface area contributed by atoms with E-state index in [9.17, 15) is 4.39 Å². The van der Waals surface area contributed by atoms with Gasteiger partial charge in [0.2, 0.25) is 0 Å². The quantitative estimate of drug-likeness (QED) is 0.347. The van der Waals surface area contributed by atoms with E-state index in [2.05, 4.69) is 22.2 Å². The van der Waals surface area contributed by atoms with E-state index in [-0.39, 0.29) is 29.8 Å². The van der Waals surface area contributed by atoms with Gasteiger partial charge in [-0.3, -0.25) is 4.99 Å². The van der Waals surface area contributed by atoms with Crippen LogP contribution in [0.2, 0.25) is 5.02 Å². The predicted octanol–water partition coefficient (Wildman–Crippen LogP) is 2.99. The maximum atomic E-state index is 13.5. The second-order valence-corrected chi connectivity index (χ2v) is 4.03. The van der Waals surface area contributed by atoms with Crippen LogP contribution in [0.15, 0.2) is 35.8 Å². The third-order valence-electron chi connectivity index (χ3n) is 2.37. The van der Waals surface area contributed by atoms with Crippen molar-refractivity contribution >= 4 is 41.5 Å². The van der Waals surface area contributed by atoms with Crippen LogP contribution in [-0.4, -0.2) is 26.1 Å². The van der Waals surface area contributed by atoms with Gasteiger partial charge in [0.05, 0.1) is 0 Å². The summed E-state index contributed by atoms with van der Waals surface area (Å²) in [5.74, 6) is 0.376. The third-order valence-corrected chi connectivity index (χ3v) is 2.72. The molecule has 1 aromatic carbocycles. The number of guanidine groups is 1. The zero-order chi connectivity index (χ0) is 13.4. The van der Waals surface area contributed by atoms with E-state index in [0.29, 0.717) is 36.1 Å². The number of nitrogens with zero attached hydrogens (tertiary/aromatic N) is 1. The maximum Gasteiger partial charge on any atom is 0.191 e. The van der Waals surface area contributed by atoms with Crippen LogP contribution in [0, 0.1) is 5.82 Å². The summed E-state index contributed by atoms with van der Waals surface area (Å²) in [6, 6.07) is 4.69. The highest BCUT2D eigenvalue weighted by atomic mass is 127. The zero-order valence-electron chi connectivity index (χ0n) is 10.7. The molecule has 0 aromatic heterocycles. The first-order valence-corrected chi connectivity index (χ1v) is 6.05. The second-order valence-electron chi connectivity index (χ2n) is 3.62. The van der Waals surface area contributed by atoms with Crippen molar-refractivity contribution in [1.29, 1.82) is 0 Å². The molecule has 0 saturated carbocycles. The van der Waals surface area contributed by atoms with Gasteiger partial charge in [0.1, 0.15) is 5.82 Å². The van der Waals surface area contributed by atoms with Crippen molar-refractivity contribution in [2.45, 2.75) is 6.42 Å². The van der Waals surface area contributed by atoms with E-state index >= 15 is 0 Å². The predicted molar refractivity (Wildman–Crippen MR) is 90.1 cm³/mol. The van der Waals surface area contributed by atoms with Crippen molar-refractivity contribution in [2.75, 3.05) is 20.1 Å². The number of benzene rings is 1. The molecular weight excluding hydrogens is 380 g/mol. The van der Waals surface area contributed by atoms with Crippen LogP contribution in [0.1, 0.15) is 5.56 Å². The Labute approximate surface area is 135 Å². The summed E-state index contributed by atoms with van der Waals surface area (Å²) >= 11 is 5.94. The molecule has 0 aliphatic heterocycles. The molecule has 0 fully saturated rings. The van der Waals surface area contributed by atoms with E-state index < -0.39 is 0 Å². The highest BCUT2D eigenvalue weighted by molar-refractivity contribution is 14.0. The highest BCUT2D eigenvalue weighted by Gasteiger charge is 2.06. The van der Waals surface area contributed by atoms with E-state index in [1.165, 1.54) is 6.07 Å². The molecule has 106 valence electrons. The SMILES string of the molecule is C=CCNC(=NC)NCCc1c(F)cccc1Cl.I. The van der Waals surface area contributed by atoms with Gasteiger partial charge in [-0.05, 0) is 18.6 Å². The fourth-order valence-electron chi connectivity index (χ4n) is 1.47. The van der Waals surface area contributed by atoms with Crippen molar-refractivity contribution in [3.8, 4) is 0 Å². The third kappa shape index (κ3) is 6.24. The zero-order valence-corrected chi connectivity index (χ0v) is 13.8. The Kier molecular flexibility index (Phi) is 9.59. The van der Waals surface area contributed by atoms with E-state index in [1.807, 2.05) is 0 Å². The molecule has 3 nitrogen and oxygen atoms in total. The smallest absolute Gasteiger partial charge is 0.191 e. The Morgan fingerprint density at radius 2 is 2.21 bits per heavy atom. The van der Waals surface area contributed by atoms with Crippen molar-refractivity contribution in [2.24, 2.45) is 4.99 Å². The number of halogens is 3. The fraction of sp³-hybridized carbons (Fsp3) is 0.308. The molecule has 1 rings (SSSR count). The Balaban J connectivity index is 0.00000324. The lowest BCUT2D eigenvalue weighted by Gasteiger charge is -2.11. The number of hydrogen-bond donors (Lipinski definition) is 2. The van der Waals surface area contributed by atoms with Gasteiger partial charge in [-0.25, -0.2) is 4.39 Å². The minimum Gasteiger partial charge on any atom is -0.356 e. The van der Waals surface area contributed by atoms with Crippen LogP contribution >= 0.6 is 35.6 Å². The monoisotopic (exact) mass is 397 g/mol. The lowest BCUT2D eigenvalue weighted by Crippen LogP contribution is -2.38. The summed E-state index contributed by atoms with van der Waals surface area (Å²) in [5.41, 5.74) is 0.519. The molecule has 0 amide bonds. The standard InChI is InChI=1S/C13H17ClFN3.HI/c1-3-8-17-13(16-2)18-9-7-10-11(14)5-4-6-12(10)15;/h3-6H,1,7-9H2,2H3,(H2,16,17,18);1H. The Bertz CT molecular complexity index is 418. The number of rotatable bonds is 5. The fourth-order valence-corrected chi connectivity index (χ4v) is 1.72. The summed E-state index contributed by atoms with van der Waals surface area (Å²) in [6.45, 7) is 4.78. The Hall–Kier alpha value is -0.820. The minimum atomic E-state index is -0.279. The molecule has 0 radical (unpaired) electrons. The summed E-state index contributed by atoms with van der Waals surface area (Å²) in [6.07, 6.45) is 2.24. The molecule has 19 heavy (non-hydrogen) atoms. The average Bonchev–Trinajstić information content (AvgIpc) is 2.36. The van der Waals surface area contributed by atoms with E-state index in [4.69, 9.17) is 11.6 Å². The van der Waals surface area contributed by atoms with Gasteiger partial charge in [-0.2, -0.15) is 0 Å². The number of hydrogen-bond acceptors (Lipinski definition) is 1. The lowest BCUT2D eigenvalue weighted by atomic mass is 10.1. The topological polar surface area (TPSA) is 36.4 Å². The molecule has 0 aliphatic rings. The molecule has 0 atom stereocenters. The molecule has 0 bridgehead atoms. The highest BCUT2D eigenvalue weighted by Crippen LogP contribution is 2.18. The van der Waals surface area contributed by atoms with Gasteiger partial charge in [0, 0.05) is 30.7 Å². The van der Waals surface area contributed by atoms with Crippen LogP contribution in [0.25, 0.3) is 0 Å². The van der Waals surface area contributed by atoms with Crippen LogP contribution < -0.4 is 10.6 Å². The van der Waals surface area contributed by atoms with Gasteiger partial charge in [-0.1, -0.05) is 23.7 Å². The van der Waals surface area contributed by atoms with Gasteiger partial charge in [0.25, 0.3) is 0 Å².